The van der Waals surface area contributed by atoms with E-state index in [1.165, 1.54) is 6.42 Å². The Balaban J connectivity index is 2.38. The molecule has 0 spiro atoms. The number of amides is 3. The fourth-order valence-corrected chi connectivity index (χ4v) is 1.75. The number of hydrogen-bond donors (Lipinski definition) is 1. The highest BCUT2D eigenvalue weighted by molar-refractivity contribution is 6.28. The van der Waals surface area contributed by atoms with Crippen molar-refractivity contribution in [1.29, 1.82) is 0 Å². The van der Waals surface area contributed by atoms with Crippen LogP contribution in [0.1, 0.15) is 32.1 Å². The summed E-state index contributed by atoms with van der Waals surface area (Å²) in [5, 5.41) is 2.26. The summed E-state index contributed by atoms with van der Waals surface area (Å²) in [5.41, 5.74) is 0. The van der Waals surface area contributed by atoms with Crippen LogP contribution in [-0.2, 0) is 4.79 Å². The van der Waals surface area contributed by atoms with E-state index < -0.39 is 5.91 Å². The Morgan fingerprint density at radius 3 is 2.13 bits per heavy atom. The summed E-state index contributed by atoms with van der Waals surface area (Å²) < 4.78 is 0. The molecule has 0 atom stereocenters. The van der Waals surface area contributed by atoms with Crippen LogP contribution in [0.3, 0.4) is 0 Å². The molecule has 1 rings (SSSR count). The lowest BCUT2D eigenvalue weighted by atomic mass is 10.1. The van der Waals surface area contributed by atoms with Gasteiger partial charge in [-0.3, -0.25) is 10.1 Å². The molecule has 0 aromatic carbocycles. The molecule has 15 heavy (non-hydrogen) atoms. The van der Waals surface area contributed by atoms with E-state index in [1.807, 2.05) is 0 Å². The molecule has 0 saturated carbocycles. The van der Waals surface area contributed by atoms with Crippen LogP contribution < -0.4 is 5.32 Å². The first-order valence-electron chi connectivity index (χ1n) is 5.39. The van der Waals surface area contributed by atoms with Crippen LogP contribution in [-0.4, -0.2) is 35.8 Å². The van der Waals surface area contributed by atoms with Crippen molar-refractivity contribution in [2.24, 2.45) is 0 Å². The number of rotatable bonds is 1. The maximum Gasteiger partial charge on any atom is 0.324 e. The van der Waals surface area contributed by atoms with Crippen molar-refractivity contribution in [2.45, 2.75) is 32.1 Å². The van der Waals surface area contributed by atoms with E-state index in [0.717, 1.165) is 38.8 Å². The Kier molecular flexibility index (Phi) is 5.47. The van der Waals surface area contributed by atoms with Gasteiger partial charge in [-0.2, -0.15) is 0 Å². The molecule has 86 valence electrons. The Bertz CT molecular complexity index is 225. The van der Waals surface area contributed by atoms with Gasteiger partial charge in [0.25, 0.3) is 0 Å². The van der Waals surface area contributed by atoms with Crippen LogP contribution >= 0.6 is 11.6 Å². The van der Waals surface area contributed by atoms with E-state index in [0.29, 0.717) is 0 Å². The lowest BCUT2D eigenvalue weighted by molar-refractivity contribution is -0.117. The molecule has 1 N–H and O–H groups in total. The largest absolute Gasteiger partial charge is 0.324 e. The topological polar surface area (TPSA) is 49.4 Å². The second-order valence-electron chi connectivity index (χ2n) is 3.74. The number of nitrogens with one attached hydrogen (secondary N) is 1. The molecular formula is C10H17ClN2O2. The molecule has 1 heterocycles. The lowest BCUT2D eigenvalue weighted by Gasteiger charge is -2.24. The number of halogens is 1. The van der Waals surface area contributed by atoms with Crippen LogP contribution in [0.15, 0.2) is 0 Å². The fourth-order valence-electron chi connectivity index (χ4n) is 1.68. The van der Waals surface area contributed by atoms with Gasteiger partial charge < -0.3 is 4.90 Å². The molecule has 0 aliphatic carbocycles. The van der Waals surface area contributed by atoms with Gasteiger partial charge in [-0.05, 0) is 12.8 Å². The maximum absolute atomic E-state index is 11.6. The average Bonchev–Trinajstić information content (AvgIpc) is 2.16. The minimum absolute atomic E-state index is 0.167. The third-order valence-corrected chi connectivity index (χ3v) is 2.75. The fraction of sp³-hybridized carbons (Fsp3) is 0.800. The highest BCUT2D eigenvalue weighted by Gasteiger charge is 2.16. The first-order chi connectivity index (χ1) is 7.24. The number of alkyl halides is 1. The lowest BCUT2D eigenvalue weighted by Crippen LogP contribution is -2.44. The minimum atomic E-state index is -0.427. The van der Waals surface area contributed by atoms with Crippen molar-refractivity contribution in [3.8, 4) is 0 Å². The molecule has 4 nitrogen and oxygen atoms in total. The molecule has 1 aliphatic heterocycles. The number of carbonyl (C=O) groups excluding carboxylic acids is 2. The normalized spacial score (nSPS) is 17.8. The van der Waals surface area contributed by atoms with Gasteiger partial charge in [0, 0.05) is 13.1 Å². The molecule has 0 unspecified atom stereocenters. The number of carbonyl (C=O) groups is 2. The molecule has 0 bridgehead atoms. The van der Waals surface area contributed by atoms with Crippen molar-refractivity contribution < 1.29 is 9.59 Å². The zero-order chi connectivity index (χ0) is 11.1. The van der Waals surface area contributed by atoms with Crippen molar-refractivity contribution in [3.05, 3.63) is 0 Å². The van der Waals surface area contributed by atoms with Crippen LogP contribution in [0, 0.1) is 0 Å². The third kappa shape index (κ3) is 4.51. The van der Waals surface area contributed by atoms with E-state index in [9.17, 15) is 9.59 Å². The Morgan fingerprint density at radius 1 is 1.07 bits per heavy atom. The van der Waals surface area contributed by atoms with Gasteiger partial charge in [0.15, 0.2) is 0 Å². The van der Waals surface area contributed by atoms with Gasteiger partial charge in [0.1, 0.15) is 5.88 Å². The van der Waals surface area contributed by atoms with Gasteiger partial charge in [0.05, 0.1) is 0 Å². The van der Waals surface area contributed by atoms with E-state index in [4.69, 9.17) is 11.6 Å². The zero-order valence-electron chi connectivity index (χ0n) is 8.80. The number of urea groups is 1. The van der Waals surface area contributed by atoms with E-state index >= 15 is 0 Å². The van der Waals surface area contributed by atoms with Crippen LogP contribution in [0.2, 0.25) is 0 Å². The molecule has 3 amide bonds. The van der Waals surface area contributed by atoms with E-state index in [1.54, 1.807) is 4.90 Å². The summed E-state index contributed by atoms with van der Waals surface area (Å²) in [6.45, 7) is 1.47. The van der Waals surface area contributed by atoms with Crippen molar-refractivity contribution in [1.82, 2.24) is 10.2 Å². The highest BCUT2D eigenvalue weighted by Crippen LogP contribution is 2.10. The van der Waals surface area contributed by atoms with Crippen molar-refractivity contribution in [3.63, 3.8) is 0 Å². The number of hydrogen-bond acceptors (Lipinski definition) is 2. The van der Waals surface area contributed by atoms with Crippen LogP contribution in [0.25, 0.3) is 0 Å². The average molecular weight is 233 g/mol. The second-order valence-corrected chi connectivity index (χ2v) is 4.01. The molecule has 1 aliphatic rings. The molecule has 1 fully saturated rings. The van der Waals surface area contributed by atoms with Crippen molar-refractivity contribution >= 4 is 23.5 Å². The van der Waals surface area contributed by atoms with E-state index in [2.05, 4.69) is 5.32 Å². The molecule has 0 aromatic heterocycles. The van der Waals surface area contributed by atoms with E-state index in [-0.39, 0.29) is 11.9 Å². The minimum Gasteiger partial charge on any atom is -0.324 e. The first-order valence-corrected chi connectivity index (χ1v) is 5.92. The molecule has 1 saturated heterocycles. The third-order valence-electron chi connectivity index (χ3n) is 2.51. The van der Waals surface area contributed by atoms with Crippen LogP contribution in [0.4, 0.5) is 4.79 Å². The summed E-state index contributed by atoms with van der Waals surface area (Å²) in [4.78, 5) is 24.2. The molecular weight excluding hydrogens is 216 g/mol. The first kappa shape index (κ1) is 12.3. The molecule has 5 heteroatoms. The maximum atomic E-state index is 11.6. The SMILES string of the molecule is O=C(CCl)NC(=O)N1CCCCCCC1. The van der Waals surface area contributed by atoms with Crippen molar-refractivity contribution in [2.75, 3.05) is 19.0 Å². The zero-order valence-corrected chi connectivity index (χ0v) is 9.55. The number of likely N-dealkylation sites (tertiary alicyclic amines) is 1. The monoisotopic (exact) mass is 232 g/mol. The summed E-state index contributed by atoms with van der Waals surface area (Å²) in [6, 6.07) is -0.303. The summed E-state index contributed by atoms with van der Waals surface area (Å²) in [6.07, 6.45) is 5.60. The Morgan fingerprint density at radius 2 is 1.60 bits per heavy atom. The van der Waals surface area contributed by atoms with Crippen LogP contribution in [0.5, 0.6) is 0 Å². The van der Waals surface area contributed by atoms with Gasteiger partial charge in [-0.15, -0.1) is 11.6 Å². The molecule has 0 aromatic rings. The van der Waals surface area contributed by atoms with Gasteiger partial charge in [-0.1, -0.05) is 19.3 Å². The summed E-state index contributed by atoms with van der Waals surface area (Å²) in [7, 11) is 0. The summed E-state index contributed by atoms with van der Waals surface area (Å²) >= 11 is 5.31. The quantitative estimate of drug-likeness (QED) is 0.700. The predicted molar refractivity (Wildman–Crippen MR) is 58.9 cm³/mol. The Labute approximate surface area is 95.0 Å². The smallest absolute Gasteiger partial charge is 0.324 e. The predicted octanol–water partition coefficient (Wildman–Crippen LogP) is 1.73. The second kappa shape index (κ2) is 6.67. The standard InChI is InChI=1S/C10H17ClN2O2/c11-8-9(14)12-10(15)13-6-4-2-1-3-5-7-13/h1-8H2,(H,12,14,15). The van der Waals surface area contributed by atoms with Gasteiger partial charge in [-0.25, -0.2) is 4.79 Å². The van der Waals surface area contributed by atoms with Gasteiger partial charge >= 0.3 is 6.03 Å². The summed E-state index contributed by atoms with van der Waals surface area (Å²) in [5.74, 6) is -0.594. The van der Waals surface area contributed by atoms with Gasteiger partial charge in [0.2, 0.25) is 5.91 Å². The Hall–Kier alpha value is -0.770. The number of imide groups is 1. The molecule has 0 radical (unpaired) electrons. The number of nitrogens with zero attached hydrogens (tertiary/aromatic N) is 1. The highest BCUT2D eigenvalue weighted by atomic mass is 35.5.